The molecule has 5 rings (SSSR count). The summed E-state index contributed by atoms with van der Waals surface area (Å²) in [4.78, 5) is 23.6. The Labute approximate surface area is 193 Å². The fourth-order valence-corrected chi connectivity index (χ4v) is 5.65. The number of nitrogens with one attached hydrogen (secondary N) is 1. The highest BCUT2D eigenvalue weighted by molar-refractivity contribution is 7.21. The Hall–Kier alpha value is -3.17. The van der Waals surface area contributed by atoms with Crippen LogP contribution >= 0.6 is 22.7 Å². The molecule has 7 nitrogen and oxygen atoms in total. The molecule has 3 heterocycles. The van der Waals surface area contributed by atoms with Gasteiger partial charge in [0, 0.05) is 22.0 Å². The molecule has 164 valence electrons. The van der Waals surface area contributed by atoms with E-state index in [-0.39, 0.29) is 5.91 Å². The van der Waals surface area contributed by atoms with Gasteiger partial charge in [-0.05, 0) is 55.5 Å². The number of nitrogen functional groups attached to an aromatic ring is 1. The number of hydrogen-bond acceptors (Lipinski definition) is 8. The highest BCUT2D eigenvalue weighted by atomic mass is 32.1. The van der Waals surface area contributed by atoms with Crippen LogP contribution in [0.2, 0.25) is 0 Å². The number of fused-ring (bicyclic) bond motifs is 2. The normalized spacial score (nSPS) is 13.1. The smallest absolute Gasteiger partial charge is 0.269 e. The number of rotatable bonds is 5. The van der Waals surface area contributed by atoms with Crippen LogP contribution in [0, 0.1) is 0 Å². The van der Waals surface area contributed by atoms with Crippen LogP contribution < -0.4 is 20.5 Å². The minimum Gasteiger partial charge on any atom is -0.493 e. The maximum Gasteiger partial charge on any atom is 0.269 e. The summed E-state index contributed by atoms with van der Waals surface area (Å²) in [6, 6.07) is 7.70. The summed E-state index contributed by atoms with van der Waals surface area (Å²) in [7, 11) is 3.19. The van der Waals surface area contributed by atoms with Gasteiger partial charge in [-0.15, -0.1) is 22.7 Å². The van der Waals surface area contributed by atoms with Crippen molar-refractivity contribution in [3.63, 3.8) is 0 Å². The van der Waals surface area contributed by atoms with Crippen LogP contribution in [-0.2, 0) is 12.8 Å². The molecule has 3 aromatic heterocycles. The zero-order valence-electron chi connectivity index (χ0n) is 17.7. The maximum atomic E-state index is 13.0. The molecule has 4 aromatic rings. The van der Waals surface area contributed by atoms with Crippen molar-refractivity contribution in [2.45, 2.75) is 25.7 Å². The Morgan fingerprint density at radius 3 is 2.72 bits per heavy atom. The second-order valence-corrected chi connectivity index (χ2v) is 9.42. The van der Waals surface area contributed by atoms with Crippen molar-refractivity contribution in [1.82, 2.24) is 9.97 Å². The summed E-state index contributed by atoms with van der Waals surface area (Å²) < 4.78 is 10.7. The number of thiazole rings is 1. The molecule has 0 fully saturated rings. The SMILES string of the molecule is COc1ccc(-c2csc(NC(=O)c3sc4nc5c(cc4c3N)CCCC5)n2)cc1OC. The van der Waals surface area contributed by atoms with E-state index in [0.29, 0.717) is 27.2 Å². The van der Waals surface area contributed by atoms with E-state index in [9.17, 15) is 4.79 Å². The number of anilines is 2. The first kappa shape index (κ1) is 20.7. The van der Waals surface area contributed by atoms with Crippen LogP contribution in [0.25, 0.3) is 21.5 Å². The monoisotopic (exact) mass is 466 g/mol. The molecule has 1 amide bonds. The van der Waals surface area contributed by atoms with Crippen molar-refractivity contribution in [1.29, 1.82) is 0 Å². The molecule has 1 aliphatic rings. The van der Waals surface area contributed by atoms with E-state index >= 15 is 0 Å². The van der Waals surface area contributed by atoms with E-state index in [1.54, 1.807) is 14.2 Å². The molecule has 3 N–H and O–H groups in total. The fraction of sp³-hybridized carbons (Fsp3) is 0.261. The van der Waals surface area contributed by atoms with E-state index in [0.717, 1.165) is 46.4 Å². The fourth-order valence-electron chi connectivity index (χ4n) is 3.94. The first-order valence-electron chi connectivity index (χ1n) is 10.3. The molecular weight excluding hydrogens is 444 g/mol. The Bertz CT molecular complexity index is 1330. The molecule has 1 aromatic carbocycles. The summed E-state index contributed by atoms with van der Waals surface area (Å²) in [6.07, 6.45) is 4.34. The number of hydrogen-bond donors (Lipinski definition) is 2. The summed E-state index contributed by atoms with van der Waals surface area (Å²) in [5, 5.41) is 6.15. The number of amides is 1. The number of aryl methyl sites for hydroxylation is 2. The second-order valence-electron chi connectivity index (χ2n) is 7.56. The molecule has 32 heavy (non-hydrogen) atoms. The molecular formula is C23H22N4O3S2. The predicted molar refractivity (Wildman–Crippen MR) is 129 cm³/mol. The lowest BCUT2D eigenvalue weighted by Gasteiger charge is -2.14. The minimum atomic E-state index is -0.267. The van der Waals surface area contributed by atoms with E-state index < -0.39 is 0 Å². The Morgan fingerprint density at radius 2 is 1.91 bits per heavy atom. The van der Waals surface area contributed by atoms with Gasteiger partial charge in [-0.2, -0.15) is 0 Å². The standard InChI is InChI=1S/C23H22N4O3S2/c1-29-17-8-7-13(10-18(17)30-2)16-11-31-23(26-16)27-21(28)20-19(24)14-9-12-5-3-4-6-15(12)25-22(14)32-20/h7-11H,3-6,24H2,1-2H3,(H,26,27,28). The predicted octanol–water partition coefficient (Wildman–Crippen LogP) is 5.15. The van der Waals surface area contributed by atoms with E-state index in [4.69, 9.17) is 20.2 Å². The van der Waals surface area contributed by atoms with Gasteiger partial charge in [0.1, 0.15) is 9.71 Å². The number of thiophene rings is 1. The third-order valence-corrected chi connectivity index (χ3v) is 7.48. The van der Waals surface area contributed by atoms with Gasteiger partial charge < -0.3 is 15.2 Å². The lowest BCUT2D eigenvalue weighted by atomic mass is 9.95. The van der Waals surface area contributed by atoms with E-state index in [2.05, 4.69) is 16.4 Å². The molecule has 0 saturated heterocycles. The quantitative estimate of drug-likeness (QED) is 0.422. The second kappa shape index (κ2) is 8.40. The van der Waals surface area contributed by atoms with Crippen molar-refractivity contribution in [2.24, 2.45) is 0 Å². The van der Waals surface area contributed by atoms with Crippen LogP contribution in [0.4, 0.5) is 10.8 Å². The summed E-state index contributed by atoms with van der Waals surface area (Å²) in [5.74, 6) is 1.00. The van der Waals surface area contributed by atoms with Gasteiger partial charge in [-0.25, -0.2) is 9.97 Å². The van der Waals surface area contributed by atoms with Gasteiger partial charge in [0.2, 0.25) is 0 Å². The number of methoxy groups -OCH3 is 2. The van der Waals surface area contributed by atoms with Gasteiger partial charge in [-0.1, -0.05) is 0 Å². The average molecular weight is 467 g/mol. The number of carbonyl (C=O) groups excluding carboxylic acids is 1. The summed E-state index contributed by atoms with van der Waals surface area (Å²) in [5.41, 5.74) is 10.8. The largest absolute Gasteiger partial charge is 0.493 e. The number of benzene rings is 1. The molecule has 0 saturated carbocycles. The van der Waals surface area contributed by atoms with Crippen LogP contribution in [-0.4, -0.2) is 30.1 Å². The summed E-state index contributed by atoms with van der Waals surface area (Å²) in [6.45, 7) is 0. The van der Waals surface area contributed by atoms with Gasteiger partial charge in [0.05, 0.1) is 25.6 Å². The van der Waals surface area contributed by atoms with Crippen molar-refractivity contribution < 1.29 is 14.3 Å². The lowest BCUT2D eigenvalue weighted by molar-refractivity contribution is 0.103. The summed E-state index contributed by atoms with van der Waals surface area (Å²) >= 11 is 2.69. The highest BCUT2D eigenvalue weighted by Gasteiger charge is 2.21. The van der Waals surface area contributed by atoms with E-state index in [1.807, 2.05) is 23.6 Å². The lowest BCUT2D eigenvalue weighted by Crippen LogP contribution is -2.11. The highest BCUT2D eigenvalue weighted by Crippen LogP contribution is 2.37. The molecule has 0 aliphatic heterocycles. The number of pyridine rings is 1. The van der Waals surface area contributed by atoms with E-state index in [1.165, 1.54) is 34.7 Å². The molecule has 0 spiro atoms. The zero-order valence-corrected chi connectivity index (χ0v) is 19.4. The Kier molecular flexibility index (Phi) is 5.44. The molecule has 0 bridgehead atoms. The van der Waals surface area contributed by atoms with Crippen LogP contribution in [0.3, 0.4) is 0 Å². The minimum absolute atomic E-state index is 0.267. The van der Waals surface area contributed by atoms with Gasteiger partial charge in [0.25, 0.3) is 5.91 Å². The number of carbonyl (C=O) groups is 1. The van der Waals surface area contributed by atoms with Crippen LogP contribution in [0.1, 0.15) is 33.8 Å². The van der Waals surface area contributed by atoms with Crippen molar-refractivity contribution >= 4 is 49.6 Å². The molecule has 0 radical (unpaired) electrons. The topological polar surface area (TPSA) is 99.4 Å². The first-order chi connectivity index (χ1) is 15.6. The van der Waals surface area contributed by atoms with Crippen molar-refractivity contribution in [3.05, 3.63) is 45.8 Å². The molecule has 1 aliphatic carbocycles. The number of aromatic nitrogens is 2. The van der Waals surface area contributed by atoms with Gasteiger partial charge in [-0.3, -0.25) is 10.1 Å². The Morgan fingerprint density at radius 1 is 1.09 bits per heavy atom. The third kappa shape index (κ3) is 3.67. The zero-order chi connectivity index (χ0) is 22.2. The van der Waals surface area contributed by atoms with Crippen LogP contribution in [0.5, 0.6) is 11.5 Å². The Balaban J connectivity index is 1.40. The number of nitrogens with zero attached hydrogens (tertiary/aromatic N) is 2. The molecule has 9 heteroatoms. The number of nitrogens with two attached hydrogens (primary N) is 1. The van der Waals surface area contributed by atoms with Gasteiger partial charge >= 0.3 is 0 Å². The van der Waals surface area contributed by atoms with Crippen molar-refractivity contribution in [3.8, 4) is 22.8 Å². The molecule has 0 unspecified atom stereocenters. The first-order valence-corrected chi connectivity index (χ1v) is 12.0. The third-order valence-electron chi connectivity index (χ3n) is 5.61. The van der Waals surface area contributed by atoms with Crippen molar-refractivity contribution in [2.75, 3.05) is 25.3 Å². The maximum absolute atomic E-state index is 13.0. The van der Waals surface area contributed by atoms with Crippen LogP contribution in [0.15, 0.2) is 29.6 Å². The number of ether oxygens (including phenoxy) is 2. The average Bonchev–Trinajstić information content (AvgIpc) is 3.41. The molecule has 0 atom stereocenters. The van der Waals surface area contributed by atoms with Gasteiger partial charge in [0.15, 0.2) is 16.6 Å².